The van der Waals surface area contributed by atoms with Gasteiger partial charge >= 0.3 is 0 Å². The molecule has 4 nitrogen and oxygen atoms in total. The number of thiocarbonyl (C=S) groups is 1. The number of hydrogen-bond acceptors (Lipinski definition) is 3. The van der Waals surface area contributed by atoms with E-state index in [2.05, 4.69) is 5.32 Å². The third-order valence-corrected chi connectivity index (χ3v) is 2.54. The molecule has 0 bridgehead atoms. The van der Waals surface area contributed by atoms with E-state index in [0.717, 1.165) is 5.69 Å². The van der Waals surface area contributed by atoms with Crippen LogP contribution in [0.15, 0.2) is 24.3 Å². The zero-order valence-corrected chi connectivity index (χ0v) is 10.3. The molecule has 16 heavy (non-hydrogen) atoms. The van der Waals surface area contributed by atoms with Crippen molar-refractivity contribution >= 4 is 23.0 Å². The molecule has 1 rings (SSSR count). The summed E-state index contributed by atoms with van der Waals surface area (Å²) in [6.45, 7) is 1.29. The first-order valence-corrected chi connectivity index (χ1v) is 5.35. The van der Waals surface area contributed by atoms with Gasteiger partial charge in [0.2, 0.25) is 0 Å². The second kappa shape index (κ2) is 6.30. The van der Waals surface area contributed by atoms with Crippen LogP contribution in [0.2, 0.25) is 0 Å². The first-order valence-electron chi connectivity index (χ1n) is 4.94. The molecule has 0 unspecified atom stereocenters. The van der Waals surface area contributed by atoms with E-state index in [9.17, 15) is 0 Å². The Kier molecular flexibility index (Phi) is 5.01. The summed E-state index contributed by atoms with van der Waals surface area (Å²) in [4.78, 5) is 1.84. The number of anilines is 1. The highest BCUT2D eigenvalue weighted by atomic mass is 32.1. The zero-order valence-electron chi connectivity index (χ0n) is 9.43. The first-order chi connectivity index (χ1) is 7.65. The lowest BCUT2D eigenvalue weighted by atomic mass is 10.3. The summed E-state index contributed by atoms with van der Waals surface area (Å²) in [7, 11) is 3.52. The summed E-state index contributed by atoms with van der Waals surface area (Å²) in [5.41, 5.74) is 0.924. The Balaban J connectivity index is 2.53. The van der Waals surface area contributed by atoms with Crippen LogP contribution in [-0.4, -0.2) is 37.5 Å². The van der Waals surface area contributed by atoms with Crippen molar-refractivity contribution in [2.75, 3.05) is 32.2 Å². The average molecular weight is 240 g/mol. The molecule has 0 aromatic heterocycles. The molecule has 0 saturated heterocycles. The number of phenols is 1. The minimum absolute atomic E-state index is 0.246. The number of rotatable bonds is 4. The molecule has 1 aromatic rings. The van der Waals surface area contributed by atoms with Gasteiger partial charge in [-0.15, -0.1) is 0 Å². The fourth-order valence-corrected chi connectivity index (χ4v) is 1.38. The summed E-state index contributed by atoms with van der Waals surface area (Å²) in [6.07, 6.45) is 0. The molecular formula is C11H16N2O2S. The Bertz CT molecular complexity index is 340. The number of nitrogens with zero attached hydrogens (tertiary/aromatic N) is 1. The molecule has 0 spiro atoms. The second-order valence-electron chi connectivity index (χ2n) is 3.30. The molecule has 0 amide bonds. The summed E-state index contributed by atoms with van der Waals surface area (Å²) < 4.78 is 4.92. The van der Waals surface area contributed by atoms with E-state index in [1.54, 1.807) is 31.4 Å². The lowest BCUT2D eigenvalue weighted by molar-refractivity contribution is 0.204. The SMILES string of the molecule is COCCNC(=S)N(C)c1ccc(O)cc1. The van der Waals surface area contributed by atoms with Crippen LogP contribution in [0.4, 0.5) is 5.69 Å². The van der Waals surface area contributed by atoms with Gasteiger partial charge in [0.05, 0.1) is 6.61 Å². The van der Waals surface area contributed by atoms with E-state index in [0.29, 0.717) is 18.3 Å². The number of hydrogen-bond donors (Lipinski definition) is 2. The molecule has 0 radical (unpaired) electrons. The fourth-order valence-electron chi connectivity index (χ4n) is 1.17. The summed E-state index contributed by atoms with van der Waals surface area (Å²) in [5.74, 6) is 0.246. The molecule has 0 aliphatic heterocycles. The molecule has 5 heteroatoms. The molecule has 88 valence electrons. The van der Waals surface area contributed by atoms with E-state index in [-0.39, 0.29) is 5.75 Å². The van der Waals surface area contributed by atoms with Crippen molar-refractivity contribution in [3.05, 3.63) is 24.3 Å². The molecule has 2 N–H and O–H groups in total. The van der Waals surface area contributed by atoms with E-state index in [1.165, 1.54) is 0 Å². The van der Waals surface area contributed by atoms with Gasteiger partial charge in [-0.3, -0.25) is 0 Å². The molecule has 0 aliphatic rings. The van der Waals surface area contributed by atoms with Crippen molar-refractivity contribution in [2.45, 2.75) is 0 Å². The highest BCUT2D eigenvalue weighted by Gasteiger charge is 2.05. The van der Waals surface area contributed by atoms with Crippen molar-refractivity contribution < 1.29 is 9.84 Å². The van der Waals surface area contributed by atoms with Crippen molar-refractivity contribution in [2.24, 2.45) is 0 Å². The van der Waals surface area contributed by atoms with Crippen LogP contribution in [0.1, 0.15) is 0 Å². The van der Waals surface area contributed by atoms with Gasteiger partial charge in [-0.2, -0.15) is 0 Å². The van der Waals surface area contributed by atoms with Gasteiger partial charge in [0.25, 0.3) is 0 Å². The number of benzene rings is 1. The lowest BCUT2D eigenvalue weighted by Gasteiger charge is -2.21. The van der Waals surface area contributed by atoms with Gasteiger partial charge in [-0.05, 0) is 36.5 Å². The molecule has 0 aliphatic carbocycles. The topological polar surface area (TPSA) is 44.7 Å². The maximum Gasteiger partial charge on any atom is 0.173 e. The maximum absolute atomic E-state index is 9.17. The van der Waals surface area contributed by atoms with E-state index in [1.807, 2.05) is 11.9 Å². The molecule has 1 aromatic carbocycles. The average Bonchev–Trinajstić information content (AvgIpc) is 2.29. The van der Waals surface area contributed by atoms with Crippen LogP contribution in [-0.2, 0) is 4.74 Å². The normalized spacial score (nSPS) is 9.88. The van der Waals surface area contributed by atoms with Crippen molar-refractivity contribution in [1.82, 2.24) is 5.32 Å². The van der Waals surface area contributed by atoms with Gasteiger partial charge in [0, 0.05) is 26.4 Å². The molecule has 0 atom stereocenters. The van der Waals surface area contributed by atoms with Crippen LogP contribution in [0, 0.1) is 0 Å². The Morgan fingerprint density at radius 1 is 1.44 bits per heavy atom. The van der Waals surface area contributed by atoms with Crippen molar-refractivity contribution in [3.63, 3.8) is 0 Å². The zero-order chi connectivity index (χ0) is 12.0. The van der Waals surface area contributed by atoms with Crippen LogP contribution >= 0.6 is 12.2 Å². The molecular weight excluding hydrogens is 224 g/mol. The van der Waals surface area contributed by atoms with Gasteiger partial charge in [-0.25, -0.2) is 0 Å². The standard InChI is InChI=1S/C11H16N2O2S/c1-13(11(16)12-7-8-15-2)9-3-5-10(14)6-4-9/h3-6,14H,7-8H2,1-2H3,(H,12,16). The number of aromatic hydroxyl groups is 1. The van der Waals surface area contributed by atoms with Crippen molar-refractivity contribution in [1.29, 1.82) is 0 Å². The van der Waals surface area contributed by atoms with E-state index < -0.39 is 0 Å². The Morgan fingerprint density at radius 2 is 2.06 bits per heavy atom. The third-order valence-electron chi connectivity index (χ3n) is 2.12. The van der Waals surface area contributed by atoms with Gasteiger partial charge in [-0.1, -0.05) is 0 Å². The highest BCUT2D eigenvalue weighted by molar-refractivity contribution is 7.80. The number of ether oxygens (including phenoxy) is 1. The number of methoxy groups -OCH3 is 1. The Labute approximate surface area is 101 Å². The molecule has 0 fully saturated rings. The minimum atomic E-state index is 0.246. The summed E-state index contributed by atoms with van der Waals surface area (Å²) >= 11 is 5.20. The number of nitrogens with one attached hydrogen (secondary N) is 1. The largest absolute Gasteiger partial charge is 0.508 e. The lowest BCUT2D eigenvalue weighted by Crippen LogP contribution is -2.38. The van der Waals surface area contributed by atoms with Crippen LogP contribution < -0.4 is 10.2 Å². The predicted molar refractivity (Wildman–Crippen MR) is 69.0 cm³/mol. The minimum Gasteiger partial charge on any atom is -0.508 e. The summed E-state index contributed by atoms with van der Waals surface area (Å²) in [5, 5.41) is 12.9. The second-order valence-corrected chi connectivity index (χ2v) is 3.69. The van der Waals surface area contributed by atoms with Crippen LogP contribution in [0.5, 0.6) is 5.75 Å². The Morgan fingerprint density at radius 3 is 2.62 bits per heavy atom. The maximum atomic E-state index is 9.17. The monoisotopic (exact) mass is 240 g/mol. The first kappa shape index (κ1) is 12.7. The quantitative estimate of drug-likeness (QED) is 0.614. The molecule has 0 saturated carbocycles. The smallest absolute Gasteiger partial charge is 0.173 e. The van der Waals surface area contributed by atoms with Crippen molar-refractivity contribution in [3.8, 4) is 5.75 Å². The van der Waals surface area contributed by atoms with Crippen LogP contribution in [0.25, 0.3) is 0 Å². The Hall–Kier alpha value is -1.33. The van der Waals surface area contributed by atoms with E-state index in [4.69, 9.17) is 22.1 Å². The van der Waals surface area contributed by atoms with E-state index >= 15 is 0 Å². The van der Waals surface area contributed by atoms with Crippen LogP contribution in [0.3, 0.4) is 0 Å². The molecule has 0 heterocycles. The van der Waals surface area contributed by atoms with Gasteiger partial charge < -0.3 is 20.1 Å². The highest BCUT2D eigenvalue weighted by Crippen LogP contribution is 2.16. The summed E-state index contributed by atoms with van der Waals surface area (Å²) in [6, 6.07) is 6.87. The van der Waals surface area contributed by atoms with Gasteiger partial charge in [0.1, 0.15) is 5.75 Å². The fraction of sp³-hybridized carbons (Fsp3) is 0.364. The third kappa shape index (κ3) is 3.67. The van der Waals surface area contributed by atoms with Gasteiger partial charge in [0.15, 0.2) is 5.11 Å². The predicted octanol–water partition coefficient (Wildman–Crippen LogP) is 1.35. The number of phenolic OH excluding ortho intramolecular Hbond substituents is 1.